The summed E-state index contributed by atoms with van der Waals surface area (Å²) in [4.78, 5) is 4.34. The third kappa shape index (κ3) is 3.93. The van der Waals surface area contributed by atoms with Gasteiger partial charge in [-0.25, -0.2) is 4.39 Å². The molecule has 0 spiro atoms. The maximum atomic E-state index is 13.7. The zero-order chi connectivity index (χ0) is 16.2. The second kappa shape index (κ2) is 7.17. The van der Waals surface area contributed by atoms with Gasteiger partial charge in [0.25, 0.3) is 0 Å². The van der Waals surface area contributed by atoms with Gasteiger partial charge in [-0.1, -0.05) is 6.07 Å². The number of benzene rings is 1. The molecular formula is C17H24FN3O2. The Morgan fingerprint density at radius 1 is 1.48 bits per heavy atom. The fraction of sp³-hybridized carbons (Fsp3) is 0.588. The second-order valence-electron chi connectivity index (χ2n) is 6.26. The highest BCUT2D eigenvalue weighted by atomic mass is 19.1. The predicted molar refractivity (Wildman–Crippen MR) is 87.3 cm³/mol. The Kier molecular flexibility index (Phi) is 5.00. The van der Waals surface area contributed by atoms with Crippen LogP contribution < -0.4 is 15.8 Å². The standard InChI is InChI=1S/C17H24FN3O2/c1-22-16-5-4-11(9-15(16)18)12-7-13(8-12)21-17(19)20-10-14-3-2-6-23-14/h4-5,9,12-14H,2-3,6-8,10H2,1H3,(H3,19,20,21). The molecule has 1 unspecified atom stereocenters. The molecule has 1 saturated heterocycles. The molecule has 6 heteroatoms. The fourth-order valence-corrected chi connectivity index (χ4v) is 3.19. The summed E-state index contributed by atoms with van der Waals surface area (Å²) in [5.74, 6) is 0.816. The SMILES string of the molecule is COc1ccc(C2CC(NC(N)=NCC3CCCO3)C2)cc1F. The summed E-state index contributed by atoms with van der Waals surface area (Å²) >= 11 is 0. The van der Waals surface area contributed by atoms with E-state index in [1.54, 1.807) is 12.1 Å². The number of nitrogens with two attached hydrogens (primary N) is 1. The topological polar surface area (TPSA) is 68.9 Å². The van der Waals surface area contributed by atoms with Gasteiger partial charge >= 0.3 is 0 Å². The highest BCUT2D eigenvalue weighted by molar-refractivity contribution is 5.78. The van der Waals surface area contributed by atoms with Crippen LogP contribution >= 0.6 is 0 Å². The van der Waals surface area contributed by atoms with Gasteiger partial charge in [0.1, 0.15) is 0 Å². The van der Waals surface area contributed by atoms with E-state index in [2.05, 4.69) is 10.3 Å². The molecule has 126 valence electrons. The lowest BCUT2D eigenvalue weighted by atomic mass is 9.76. The van der Waals surface area contributed by atoms with Crippen LogP contribution in [0.4, 0.5) is 4.39 Å². The Labute approximate surface area is 136 Å². The van der Waals surface area contributed by atoms with Crippen molar-refractivity contribution in [3.05, 3.63) is 29.6 Å². The van der Waals surface area contributed by atoms with E-state index in [0.29, 0.717) is 24.5 Å². The van der Waals surface area contributed by atoms with E-state index in [0.717, 1.165) is 37.9 Å². The third-order valence-electron chi connectivity index (χ3n) is 4.63. The van der Waals surface area contributed by atoms with E-state index < -0.39 is 0 Å². The smallest absolute Gasteiger partial charge is 0.188 e. The second-order valence-corrected chi connectivity index (χ2v) is 6.26. The first-order chi connectivity index (χ1) is 11.2. The molecule has 23 heavy (non-hydrogen) atoms. The minimum Gasteiger partial charge on any atom is -0.494 e. The van der Waals surface area contributed by atoms with Crippen LogP contribution in [0.2, 0.25) is 0 Å². The first kappa shape index (κ1) is 16.1. The maximum absolute atomic E-state index is 13.7. The van der Waals surface area contributed by atoms with E-state index in [9.17, 15) is 4.39 Å². The molecule has 0 bridgehead atoms. The van der Waals surface area contributed by atoms with Crippen LogP contribution in [0.5, 0.6) is 5.75 Å². The predicted octanol–water partition coefficient (Wildman–Crippen LogP) is 2.16. The Balaban J connectivity index is 1.45. The Bertz CT molecular complexity index is 567. The minimum absolute atomic E-state index is 0.215. The molecule has 1 saturated carbocycles. The molecule has 0 amide bonds. The summed E-state index contributed by atoms with van der Waals surface area (Å²) in [6.45, 7) is 1.45. The zero-order valence-electron chi connectivity index (χ0n) is 13.4. The van der Waals surface area contributed by atoms with E-state index in [1.165, 1.54) is 7.11 Å². The Morgan fingerprint density at radius 2 is 2.30 bits per heavy atom. The Morgan fingerprint density at radius 3 is 2.96 bits per heavy atom. The summed E-state index contributed by atoms with van der Waals surface area (Å²) in [7, 11) is 1.47. The molecule has 1 atom stereocenters. The van der Waals surface area contributed by atoms with Crippen LogP contribution in [0, 0.1) is 5.82 Å². The molecule has 1 aromatic carbocycles. The number of hydrogen-bond acceptors (Lipinski definition) is 3. The van der Waals surface area contributed by atoms with Gasteiger partial charge in [-0.2, -0.15) is 0 Å². The van der Waals surface area contributed by atoms with Gasteiger partial charge in [0.05, 0.1) is 19.8 Å². The molecular weight excluding hydrogens is 297 g/mol. The van der Waals surface area contributed by atoms with Crippen molar-refractivity contribution in [1.29, 1.82) is 0 Å². The van der Waals surface area contributed by atoms with Gasteiger partial charge in [-0.05, 0) is 49.3 Å². The first-order valence-electron chi connectivity index (χ1n) is 8.17. The van der Waals surface area contributed by atoms with Gasteiger partial charge in [-0.15, -0.1) is 0 Å². The average Bonchev–Trinajstić information content (AvgIpc) is 3.01. The van der Waals surface area contributed by atoms with Crippen LogP contribution in [0.3, 0.4) is 0 Å². The Hall–Kier alpha value is -1.82. The number of hydrogen-bond donors (Lipinski definition) is 2. The minimum atomic E-state index is -0.306. The fourth-order valence-electron chi connectivity index (χ4n) is 3.19. The van der Waals surface area contributed by atoms with Crippen molar-refractivity contribution in [2.24, 2.45) is 10.7 Å². The number of halogens is 1. The van der Waals surface area contributed by atoms with Crippen molar-refractivity contribution in [2.75, 3.05) is 20.3 Å². The van der Waals surface area contributed by atoms with Gasteiger partial charge in [0.15, 0.2) is 17.5 Å². The summed E-state index contributed by atoms with van der Waals surface area (Å²) in [6.07, 6.45) is 4.25. The van der Waals surface area contributed by atoms with Crippen LogP contribution in [0.1, 0.15) is 37.2 Å². The molecule has 0 radical (unpaired) electrons. The summed E-state index contributed by atoms with van der Waals surface area (Å²) < 4.78 is 24.2. The van der Waals surface area contributed by atoms with E-state index >= 15 is 0 Å². The van der Waals surface area contributed by atoms with Crippen LogP contribution in [0.25, 0.3) is 0 Å². The van der Waals surface area contributed by atoms with Gasteiger partial charge in [0, 0.05) is 12.6 Å². The number of guanidine groups is 1. The van der Waals surface area contributed by atoms with Crippen molar-refractivity contribution < 1.29 is 13.9 Å². The summed E-state index contributed by atoms with van der Waals surface area (Å²) in [6, 6.07) is 5.48. The summed E-state index contributed by atoms with van der Waals surface area (Å²) in [5, 5.41) is 3.23. The molecule has 0 aromatic heterocycles. The lowest BCUT2D eigenvalue weighted by Gasteiger charge is -2.36. The third-order valence-corrected chi connectivity index (χ3v) is 4.63. The molecule has 1 aliphatic heterocycles. The average molecular weight is 321 g/mol. The quantitative estimate of drug-likeness (QED) is 0.644. The number of methoxy groups -OCH3 is 1. The number of rotatable bonds is 5. The van der Waals surface area contributed by atoms with Crippen molar-refractivity contribution in [1.82, 2.24) is 5.32 Å². The highest BCUT2D eigenvalue weighted by Crippen LogP contribution is 2.38. The lowest BCUT2D eigenvalue weighted by Crippen LogP contribution is -2.46. The van der Waals surface area contributed by atoms with Crippen LogP contribution in [-0.4, -0.2) is 38.4 Å². The molecule has 5 nitrogen and oxygen atoms in total. The van der Waals surface area contributed by atoms with Crippen LogP contribution in [-0.2, 0) is 4.74 Å². The van der Waals surface area contributed by atoms with E-state index in [4.69, 9.17) is 15.2 Å². The van der Waals surface area contributed by atoms with Crippen molar-refractivity contribution >= 4 is 5.96 Å². The number of nitrogens with zero attached hydrogens (tertiary/aromatic N) is 1. The highest BCUT2D eigenvalue weighted by Gasteiger charge is 2.31. The number of ether oxygens (including phenoxy) is 2. The molecule has 2 aliphatic rings. The first-order valence-corrected chi connectivity index (χ1v) is 8.17. The lowest BCUT2D eigenvalue weighted by molar-refractivity contribution is 0.117. The van der Waals surface area contributed by atoms with Gasteiger partial charge < -0.3 is 20.5 Å². The van der Waals surface area contributed by atoms with Crippen molar-refractivity contribution in [2.45, 2.75) is 43.7 Å². The number of aliphatic imine (C=N–C) groups is 1. The normalized spacial score (nSPS) is 27.6. The maximum Gasteiger partial charge on any atom is 0.188 e. The molecule has 3 N–H and O–H groups in total. The molecule has 1 heterocycles. The zero-order valence-corrected chi connectivity index (χ0v) is 13.4. The van der Waals surface area contributed by atoms with Gasteiger partial charge in [0.2, 0.25) is 0 Å². The van der Waals surface area contributed by atoms with Gasteiger partial charge in [-0.3, -0.25) is 4.99 Å². The molecule has 2 fully saturated rings. The largest absolute Gasteiger partial charge is 0.494 e. The van der Waals surface area contributed by atoms with E-state index in [1.807, 2.05) is 6.07 Å². The van der Waals surface area contributed by atoms with Crippen LogP contribution in [0.15, 0.2) is 23.2 Å². The van der Waals surface area contributed by atoms with Crippen molar-refractivity contribution in [3.8, 4) is 5.75 Å². The number of nitrogens with one attached hydrogen (secondary N) is 1. The summed E-state index contributed by atoms with van der Waals surface area (Å²) in [5.41, 5.74) is 6.93. The molecule has 3 rings (SSSR count). The van der Waals surface area contributed by atoms with E-state index in [-0.39, 0.29) is 17.7 Å². The molecule has 1 aromatic rings. The monoisotopic (exact) mass is 321 g/mol. The molecule has 1 aliphatic carbocycles. The van der Waals surface area contributed by atoms with Crippen molar-refractivity contribution in [3.63, 3.8) is 0 Å².